The summed E-state index contributed by atoms with van der Waals surface area (Å²) in [5.41, 5.74) is 6.18. The summed E-state index contributed by atoms with van der Waals surface area (Å²) in [4.78, 5) is 11.1. The van der Waals surface area contributed by atoms with Crippen molar-refractivity contribution >= 4 is 6.09 Å². The first-order chi connectivity index (χ1) is 9.29. The smallest absolute Gasteiger partial charge is 0.429 e. The van der Waals surface area contributed by atoms with Gasteiger partial charge in [-0.05, 0) is 34.2 Å². The summed E-state index contributed by atoms with van der Waals surface area (Å²) in [7, 11) is 1.44. The quantitative estimate of drug-likeness (QED) is 0.703. The number of ether oxygens (including phenoxy) is 1. The molecule has 0 bridgehead atoms. The molecule has 1 aliphatic rings. The summed E-state index contributed by atoms with van der Waals surface area (Å²) < 4.78 is 5.10. The van der Waals surface area contributed by atoms with Crippen molar-refractivity contribution in [2.45, 2.75) is 13.0 Å². The van der Waals surface area contributed by atoms with Gasteiger partial charge >= 0.3 is 6.09 Å². The average molecular weight is 252 g/mol. The molecule has 19 heavy (non-hydrogen) atoms. The Morgan fingerprint density at radius 1 is 1.16 bits per heavy atom. The Labute approximate surface area is 112 Å². The van der Waals surface area contributed by atoms with Crippen LogP contribution in [0, 0.1) is 0 Å². The molecule has 95 valence electrons. The number of amides is 1. The van der Waals surface area contributed by atoms with Crippen molar-refractivity contribution in [1.29, 1.82) is 0 Å². The van der Waals surface area contributed by atoms with Crippen LogP contribution in [-0.2, 0) is 17.8 Å². The van der Waals surface area contributed by atoms with Gasteiger partial charge in [0.1, 0.15) is 6.61 Å². The van der Waals surface area contributed by atoms with E-state index in [1.54, 1.807) is 0 Å². The van der Waals surface area contributed by atoms with Crippen LogP contribution < -0.4 is 5.32 Å². The van der Waals surface area contributed by atoms with Gasteiger partial charge < -0.3 is 4.74 Å². The minimum absolute atomic E-state index is 0.285. The van der Waals surface area contributed by atoms with E-state index in [0.717, 1.165) is 12.0 Å². The highest BCUT2D eigenvalue weighted by Gasteiger charge is 2.20. The van der Waals surface area contributed by atoms with Gasteiger partial charge in [0.05, 0.1) is 0 Å². The van der Waals surface area contributed by atoms with Gasteiger partial charge in [0.2, 0.25) is 0 Å². The second-order valence-corrected chi connectivity index (χ2v) is 4.56. The molecule has 3 nitrogen and oxygen atoms in total. The van der Waals surface area contributed by atoms with Gasteiger partial charge in [0.25, 0.3) is 0 Å². The molecule has 0 atom stereocenters. The Kier molecular flexibility index (Phi) is 2.95. The fourth-order valence-corrected chi connectivity index (χ4v) is 2.56. The number of carbonyl (C=O) groups excluding carboxylic acids is 1. The van der Waals surface area contributed by atoms with Crippen molar-refractivity contribution in [3.63, 3.8) is 0 Å². The van der Waals surface area contributed by atoms with Gasteiger partial charge in [-0.15, -0.1) is 0 Å². The number of hydrogen-bond donors (Lipinski definition) is 0. The van der Waals surface area contributed by atoms with E-state index in [4.69, 9.17) is 4.74 Å². The molecule has 0 spiro atoms. The average Bonchev–Trinajstić information content (AvgIpc) is 2.84. The summed E-state index contributed by atoms with van der Waals surface area (Å²) in [6.45, 7) is 0.285. The summed E-state index contributed by atoms with van der Waals surface area (Å²) in [5.74, 6) is 0. The summed E-state index contributed by atoms with van der Waals surface area (Å²) in [6, 6.07) is 14.5. The van der Waals surface area contributed by atoms with Crippen LogP contribution in [0.3, 0.4) is 0 Å². The summed E-state index contributed by atoms with van der Waals surface area (Å²) in [5, 5.41) is 3.48. The van der Waals surface area contributed by atoms with Crippen molar-refractivity contribution in [1.82, 2.24) is 5.32 Å². The number of benzene rings is 2. The van der Waals surface area contributed by atoms with E-state index in [2.05, 4.69) is 35.6 Å². The second kappa shape index (κ2) is 4.76. The van der Waals surface area contributed by atoms with Crippen LogP contribution in [0.25, 0.3) is 11.1 Å². The predicted molar refractivity (Wildman–Crippen MR) is 72.9 cm³/mol. The lowest BCUT2D eigenvalue weighted by molar-refractivity contribution is 0.141. The molecule has 2 aromatic carbocycles. The Hall–Kier alpha value is -2.29. The standard InChI is InChI=1S/C16H14NO2/c1-17-16(18)19-10-12-6-4-8-14-13-7-3-2-5-11(13)9-15(12)14/h2-8H,9-10H2,1H3. The molecule has 2 aromatic rings. The Morgan fingerprint density at radius 3 is 2.79 bits per heavy atom. The van der Waals surface area contributed by atoms with Crippen molar-refractivity contribution in [2.24, 2.45) is 0 Å². The largest absolute Gasteiger partial charge is 0.443 e. The van der Waals surface area contributed by atoms with E-state index in [1.165, 1.54) is 29.3 Å². The maximum atomic E-state index is 11.1. The molecule has 1 aliphatic carbocycles. The number of carbonyl (C=O) groups is 1. The molecule has 0 saturated carbocycles. The molecule has 0 N–H and O–H groups in total. The van der Waals surface area contributed by atoms with Crippen molar-refractivity contribution in [2.75, 3.05) is 7.05 Å². The van der Waals surface area contributed by atoms with Gasteiger partial charge in [-0.25, -0.2) is 10.1 Å². The molecule has 0 unspecified atom stereocenters. The lowest BCUT2D eigenvalue weighted by Gasteiger charge is -2.08. The van der Waals surface area contributed by atoms with Crippen molar-refractivity contribution in [3.8, 4) is 11.1 Å². The first kappa shape index (κ1) is 11.8. The van der Waals surface area contributed by atoms with Gasteiger partial charge in [0.15, 0.2) is 0 Å². The second-order valence-electron chi connectivity index (χ2n) is 4.56. The molecule has 0 heterocycles. The molecule has 0 fully saturated rings. The highest BCUT2D eigenvalue weighted by Crippen LogP contribution is 2.38. The molecule has 1 amide bonds. The molecule has 3 rings (SSSR count). The van der Waals surface area contributed by atoms with E-state index >= 15 is 0 Å². The zero-order valence-electron chi connectivity index (χ0n) is 10.7. The SMILES string of the molecule is C[N]C(=O)OCc1cccc2c1Cc1ccccc1-2. The van der Waals surface area contributed by atoms with Gasteiger partial charge in [-0.3, -0.25) is 0 Å². The van der Waals surface area contributed by atoms with Crippen LogP contribution in [0.1, 0.15) is 16.7 Å². The zero-order chi connectivity index (χ0) is 13.2. The fraction of sp³-hybridized carbons (Fsp3) is 0.188. The van der Waals surface area contributed by atoms with E-state index in [1.807, 2.05) is 12.1 Å². The molecular formula is C16H14NO2. The monoisotopic (exact) mass is 252 g/mol. The van der Waals surface area contributed by atoms with Crippen molar-refractivity contribution in [3.05, 3.63) is 59.2 Å². The Balaban J connectivity index is 1.92. The maximum Gasteiger partial charge on any atom is 0.429 e. The minimum Gasteiger partial charge on any atom is -0.443 e. The van der Waals surface area contributed by atoms with Gasteiger partial charge in [-0.2, -0.15) is 0 Å². The lowest BCUT2D eigenvalue weighted by atomic mass is 10.0. The van der Waals surface area contributed by atoms with Crippen LogP contribution >= 0.6 is 0 Å². The third-order valence-electron chi connectivity index (χ3n) is 3.48. The third-order valence-corrected chi connectivity index (χ3v) is 3.48. The van der Waals surface area contributed by atoms with Gasteiger partial charge in [-0.1, -0.05) is 42.5 Å². The number of fused-ring (bicyclic) bond motifs is 3. The Bertz CT molecular complexity index is 634. The molecule has 3 heteroatoms. The van der Waals surface area contributed by atoms with Crippen LogP contribution in [0.4, 0.5) is 4.79 Å². The van der Waals surface area contributed by atoms with E-state index in [9.17, 15) is 4.79 Å². The number of hydrogen-bond acceptors (Lipinski definition) is 2. The molecule has 1 radical (unpaired) electrons. The predicted octanol–water partition coefficient (Wildman–Crippen LogP) is 3.13. The van der Waals surface area contributed by atoms with Gasteiger partial charge in [0, 0.05) is 7.05 Å². The molecule has 0 saturated heterocycles. The number of nitrogens with zero attached hydrogens (tertiary/aromatic N) is 1. The molecule has 0 aromatic heterocycles. The van der Waals surface area contributed by atoms with Crippen LogP contribution in [0.2, 0.25) is 0 Å². The van der Waals surface area contributed by atoms with E-state index in [-0.39, 0.29) is 6.61 Å². The Morgan fingerprint density at radius 2 is 1.95 bits per heavy atom. The zero-order valence-corrected chi connectivity index (χ0v) is 10.7. The van der Waals surface area contributed by atoms with Crippen molar-refractivity contribution < 1.29 is 9.53 Å². The molecule has 0 aliphatic heterocycles. The minimum atomic E-state index is -0.520. The summed E-state index contributed by atoms with van der Waals surface area (Å²) in [6.07, 6.45) is 0.385. The highest BCUT2D eigenvalue weighted by atomic mass is 16.5. The van der Waals surface area contributed by atoms with E-state index < -0.39 is 6.09 Å². The first-order valence-electron chi connectivity index (χ1n) is 6.25. The maximum absolute atomic E-state index is 11.1. The highest BCUT2D eigenvalue weighted by molar-refractivity contribution is 5.78. The topological polar surface area (TPSA) is 40.4 Å². The van der Waals surface area contributed by atoms with Crippen LogP contribution in [0.15, 0.2) is 42.5 Å². The fourth-order valence-electron chi connectivity index (χ4n) is 2.56. The lowest BCUT2D eigenvalue weighted by Crippen LogP contribution is -2.12. The first-order valence-corrected chi connectivity index (χ1v) is 6.25. The summed E-state index contributed by atoms with van der Waals surface area (Å²) >= 11 is 0. The van der Waals surface area contributed by atoms with Crippen LogP contribution in [-0.4, -0.2) is 13.1 Å². The molecular weight excluding hydrogens is 238 g/mol. The third kappa shape index (κ3) is 2.08. The van der Waals surface area contributed by atoms with E-state index in [0.29, 0.717) is 0 Å². The van der Waals surface area contributed by atoms with Crippen LogP contribution in [0.5, 0.6) is 0 Å². The number of rotatable bonds is 2. The normalized spacial score (nSPS) is 11.6.